The van der Waals surface area contributed by atoms with E-state index in [2.05, 4.69) is 20.9 Å². The average molecular weight is 330 g/mol. The SMILES string of the molecule is Cc1nc(CN(C)c2cc(F)c(Br)cc2N)cs1. The standard InChI is InChI=1S/C12H13BrFN3S/c1-7-16-8(6-18-7)5-17(2)12-4-10(14)9(13)3-11(12)15/h3-4,6H,5,15H2,1-2H3. The molecule has 0 amide bonds. The monoisotopic (exact) mass is 329 g/mol. The van der Waals surface area contributed by atoms with E-state index < -0.39 is 0 Å². The summed E-state index contributed by atoms with van der Waals surface area (Å²) in [6, 6.07) is 3.01. The Morgan fingerprint density at radius 1 is 1.50 bits per heavy atom. The number of benzene rings is 1. The maximum absolute atomic E-state index is 13.5. The van der Waals surface area contributed by atoms with Gasteiger partial charge in [-0.05, 0) is 28.9 Å². The molecule has 6 heteroatoms. The van der Waals surface area contributed by atoms with Gasteiger partial charge in [0, 0.05) is 18.5 Å². The van der Waals surface area contributed by atoms with Gasteiger partial charge in [-0.2, -0.15) is 0 Å². The Kier molecular flexibility index (Phi) is 3.87. The maximum Gasteiger partial charge on any atom is 0.139 e. The van der Waals surface area contributed by atoms with E-state index in [0.717, 1.165) is 10.7 Å². The zero-order valence-electron chi connectivity index (χ0n) is 10.1. The van der Waals surface area contributed by atoms with Gasteiger partial charge in [0.1, 0.15) is 5.82 Å². The van der Waals surface area contributed by atoms with Gasteiger partial charge in [0.15, 0.2) is 0 Å². The number of nitrogens with two attached hydrogens (primary N) is 1. The average Bonchev–Trinajstić information content (AvgIpc) is 2.69. The summed E-state index contributed by atoms with van der Waals surface area (Å²) in [7, 11) is 1.87. The Morgan fingerprint density at radius 2 is 2.22 bits per heavy atom. The third-order valence-corrected chi connectivity index (χ3v) is 3.98. The molecule has 0 aliphatic heterocycles. The van der Waals surface area contributed by atoms with Crippen LogP contribution in [0.15, 0.2) is 22.0 Å². The van der Waals surface area contributed by atoms with E-state index in [1.807, 2.05) is 24.3 Å². The molecule has 0 fully saturated rings. The van der Waals surface area contributed by atoms with Crippen molar-refractivity contribution in [3.63, 3.8) is 0 Å². The lowest BCUT2D eigenvalue weighted by molar-refractivity contribution is 0.620. The summed E-state index contributed by atoms with van der Waals surface area (Å²) >= 11 is 4.72. The highest BCUT2D eigenvalue weighted by molar-refractivity contribution is 9.10. The first-order valence-electron chi connectivity index (χ1n) is 5.34. The minimum absolute atomic E-state index is 0.319. The maximum atomic E-state index is 13.5. The highest BCUT2D eigenvalue weighted by atomic mass is 79.9. The van der Waals surface area contributed by atoms with Crippen LogP contribution in [0.4, 0.5) is 15.8 Å². The van der Waals surface area contributed by atoms with Crippen LogP contribution in [0.1, 0.15) is 10.7 Å². The van der Waals surface area contributed by atoms with Gasteiger partial charge in [-0.3, -0.25) is 0 Å². The van der Waals surface area contributed by atoms with Crippen molar-refractivity contribution in [3.05, 3.63) is 38.5 Å². The Hall–Kier alpha value is -1.14. The van der Waals surface area contributed by atoms with E-state index in [0.29, 0.717) is 22.4 Å². The van der Waals surface area contributed by atoms with Crippen LogP contribution in [0.25, 0.3) is 0 Å². The fourth-order valence-corrected chi connectivity index (χ4v) is 2.66. The van der Waals surface area contributed by atoms with Crippen molar-refractivity contribution in [2.24, 2.45) is 0 Å². The Morgan fingerprint density at radius 3 is 2.83 bits per heavy atom. The lowest BCUT2D eigenvalue weighted by atomic mass is 10.2. The molecule has 3 nitrogen and oxygen atoms in total. The summed E-state index contributed by atoms with van der Waals surface area (Å²) < 4.78 is 13.9. The van der Waals surface area contributed by atoms with Crippen LogP contribution in [0, 0.1) is 12.7 Å². The molecule has 2 rings (SSSR count). The molecule has 0 bridgehead atoms. The van der Waals surface area contributed by atoms with Gasteiger partial charge < -0.3 is 10.6 Å². The number of aryl methyl sites for hydroxylation is 1. The fraction of sp³-hybridized carbons (Fsp3) is 0.250. The lowest BCUT2D eigenvalue weighted by Gasteiger charge is -2.20. The smallest absolute Gasteiger partial charge is 0.139 e. The first kappa shape index (κ1) is 13.3. The number of thiazole rings is 1. The molecule has 0 aliphatic carbocycles. The molecule has 0 saturated carbocycles. The van der Waals surface area contributed by atoms with Gasteiger partial charge >= 0.3 is 0 Å². The van der Waals surface area contributed by atoms with Crippen LogP contribution in [-0.4, -0.2) is 12.0 Å². The summed E-state index contributed by atoms with van der Waals surface area (Å²) in [5.41, 5.74) is 8.06. The van der Waals surface area contributed by atoms with Gasteiger partial charge in [-0.25, -0.2) is 9.37 Å². The molecule has 2 N–H and O–H groups in total. The number of anilines is 2. The van der Waals surface area contributed by atoms with E-state index in [9.17, 15) is 4.39 Å². The highest BCUT2D eigenvalue weighted by Gasteiger charge is 2.11. The molecule has 0 saturated heterocycles. The number of hydrogen-bond donors (Lipinski definition) is 1. The lowest BCUT2D eigenvalue weighted by Crippen LogP contribution is -2.18. The topological polar surface area (TPSA) is 42.2 Å². The number of nitrogen functional groups attached to an aromatic ring is 1. The molecular weight excluding hydrogens is 317 g/mol. The summed E-state index contributed by atoms with van der Waals surface area (Å²) in [6.07, 6.45) is 0. The Balaban J connectivity index is 2.23. The first-order chi connectivity index (χ1) is 8.47. The van der Waals surface area contributed by atoms with Crippen molar-refractivity contribution >= 4 is 38.6 Å². The highest BCUT2D eigenvalue weighted by Crippen LogP contribution is 2.29. The van der Waals surface area contributed by atoms with Crippen LogP contribution >= 0.6 is 27.3 Å². The van der Waals surface area contributed by atoms with Crippen LogP contribution < -0.4 is 10.6 Å². The van der Waals surface area contributed by atoms with Crippen molar-refractivity contribution in [2.75, 3.05) is 17.7 Å². The van der Waals surface area contributed by atoms with Gasteiger partial charge in [0.25, 0.3) is 0 Å². The first-order valence-corrected chi connectivity index (χ1v) is 7.01. The van der Waals surface area contributed by atoms with E-state index in [-0.39, 0.29) is 5.82 Å². The quantitative estimate of drug-likeness (QED) is 0.875. The molecule has 0 atom stereocenters. The number of hydrogen-bond acceptors (Lipinski definition) is 4. The van der Waals surface area contributed by atoms with E-state index >= 15 is 0 Å². The van der Waals surface area contributed by atoms with E-state index in [1.54, 1.807) is 17.4 Å². The number of rotatable bonds is 3. The molecule has 1 aromatic carbocycles. The van der Waals surface area contributed by atoms with E-state index in [4.69, 9.17) is 5.73 Å². The van der Waals surface area contributed by atoms with Crippen LogP contribution in [0.5, 0.6) is 0 Å². The Bertz CT molecular complexity index is 570. The third kappa shape index (κ3) is 2.81. The second kappa shape index (κ2) is 5.24. The predicted molar refractivity (Wildman–Crippen MR) is 77.5 cm³/mol. The van der Waals surface area contributed by atoms with Gasteiger partial charge in [-0.15, -0.1) is 11.3 Å². The summed E-state index contributed by atoms with van der Waals surface area (Å²) in [6.45, 7) is 2.57. The van der Waals surface area contributed by atoms with Crippen molar-refractivity contribution in [1.29, 1.82) is 0 Å². The Labute approximate surface area is 118 Å². The minimum Gasteiger partial charge on any atom is -0.397 e. The molecule has 96 valence electrons. The zero-order valence-corrected chi connectivity index (χ0v) is 12.5. The minimum atomic E-state index is -0.319. The van der Waals surface area contributed by atoms with Crippen molar-refractivity contribution in [1.82, 2.24) is 4.98 Å². The number of nitrogens with zero attached hydrogens (tertiary/aromatic N) is 2. The number of halogens is 2. The van der Waals surface area contributed by atoms with Crippen molar-refractivity contribution in [3.8, 4) is 0 Å². The second-order valence-corrected chi connectivity index (χ2v) is 5.96. The van der Waals surface area contributed by atoms with Crippen LogP contribution in [0.2, 0.25) is 0 Å². The molecule has 1 heterocycles. The van der Waals surface area contributed by atoms with Gasteiger partial charge in [-0.1, -0.05) is 0 Å². The largest absolute Gasteiger partial charge is 0.397 e. The van der Waals surface area contributed by atoms with E-state index in [1.165, 1.54) is 6.07 Å². The van der Waals surface area contributed by atoms with Crippen LogP contribution in [0.3, 0.4) is 0 Å². The zero-order chi connectivity index (χ0) is 13.3. The van der Waals surface area contributed by atoms with Gasteiger partial charge in [0.2, 0.25) is 0 Å². The third-order valence-electron chi connectivity index (χ3n) is 2.55. The summed E-state index contributed by atoms with van der Waals surface area (Å²) in [5.74, 6) is -0.319. The van der Waals surface area contributed by atoms with Crippen molar-refractivity contribution in [2.45, 2.75) is 13.5 Å². The normalized spacial score (nSPS) is 10.7. The molecule has 2 aromatic rings. The van der Waals surface area contributed by atoms with Crippen molar-refractivity contribution < 1.29 is 4.39 Å². The fourth-order valence-electron chi connectivity index (χ4n) is 1.69. The second-order valence-electron chi connectivity index (χ2n) is 4.04. The molecule has 18 heavy (non-hydrogen) atoms. The van der Waals surface area contributed by atoms with Gasteiger partial charge in [0.05, 0.1) is 33.1 Å². The number of aromatic nitrogens is 1. The molecule has 0 aliphatic rings. The molecule has 0 unspecified atom stereocenters. The molecule has 0 radical (unpaired) electrons. The van der Waals surface area contributed by atoms with Crippen LogP contribution in [-0.2, 0) is 6.54 Å². The molecule has 0 spiro atoms. The summed E-state index contributed by atoms with van der Waals surface area (Å²) in [4.78, 5) is 6.27. The summed E-state index contributed by atoms with van der Waals surface area (Å²) in [5, 5.41) is 3.02. The predicted octanol–water partition coefficient (Wildman–Crippen LogP) is 3.57. The molecule has 1 aromatic heterocycles. The molecular formula is C12H13BrFN3S.